The lowest BCUT2D eigenvalue weighted by atomic mass is 9.78. The molecular formula is C38H44F3N3O7S. The predicted octanol–water partition coefficient (Wildman–Crippen LogP) is 6.84. The number of pyridine rings is 1. The van der Waals surface area contributed by atoms with Crippen molar-refractivity contribution >= 4 is 29.1 Å². The minimum absolute atomic E-state index is 0.128. The summed E-state index contributed by atoms with van der Waals surface area (Å²) < 4.78 is 55.1. The fourth-order valence-corrected chi connectivity index (χ4v) is 8.65. The summed E-state index contributed by atoms with van der Waals surface area (Å²) in [5, 5.41) is 23.2. The molecule has 0 radical (unpaired) electrons. The van der Waals surface area contributed by atoms with Gasteiger partial charge in [0.1, 0.15) is 17.2 Å². The lowest BCUT2D eigenvalue weighted by Gasteiger charge is -2.51. The molecule has 3 fully saturated rings. The molecule has 2 aliphatic heterocycles. The zero-order valence-electron chi connectivity index (χ0n) is 29.2. The van der Waals surface area contributed by atoms with Gasteiger partial charge in [-0.15, -0.1) is 11.3 Å². The van der Waals surface area contributed by atoms with Gasteiger partial charge in [0.15, 0.2) is 0 Å². The van der Waals surface area contributed by atoms with Crippen molar-refractivity contribution in [3.8, 4) is 11.5 Å². The maximum atomic E-state index is 14.9. The van der Waals surface area contributed by atoms with E-state index in [1.807, 2.05) is 13.8 Å². The summed E-state index contributed by atoms with van der Waals surface area (Å²) in [4.78, 5) is 48.3. The van der Waals surface area contributed by atoms with Crippen LogP contribution >= 0.6 is 11.3 Å². The molecule has 4 heterocycles. The lowest BCUT2D eigenvalue weighted by Crippen LogP contribution is -2.68. The molecule has 0 bridgehead atoms. The second-order valence-corrected chi connectivity index (χ2v) is 15.2. The number of carboxylic acid groups (broad SMARTS) is 1. The number of ether oxygens (including phenoxy) is 2. The number of amides is 2. The number of aromatic nitrogens is 1. The van der Waals surface area contributed by atoms with Crippen LogP contribution in [0.3, 0.4) is 0 Å². The van der Waals surface area contributed by atoms with E-state index in [4.69, 9.17) is 9.47 Å². The summed E-state index contributed by atoms with van der Waals surface area (Å²) in [6, 6.07) is 10.0. The molecule has 1 aliphatic carbocycles. The number of thiophene rings is 1. The number of benzene rings is 1. The van der Waals surface area contributed by atoms with E-state index in [0.29, 0.717) is 55.6 Å². The largest absolute Gasteiger partial charge is 0.490 e. The highest BCUT2D eigenvalue weighted by molar-refractivity contribution is 7.10. The molecule has 0 spiro atoms. The average molecular weight is 744 g/mol. The zero-order chi connectivity index (χ0) is 37.3. The van der Waals surface area contributed by atoms with Gasteiger partial charge in [0.25, 0.3) is 11.8 Å². The number of para-hydroxylation sites is 1. The molecular weight excluding hydrogens is 699 g/mol. The van der Waals surface area contributed by atoms with Crippen molar-refractivity contribution in [3.05, 3.63) is 75.7 Å². The van der Waals surface area contributed by atoms with Gasteiger partial charge in [-0.1, -0.05) is 31.5 Å². The number of hydrogen-bond acceptors (Lipinski definition) is 8. The number of hydrogen-bond donors (Lipinski definition) is 2. The molecule has 2 aromatic heterocycles. The monoisotopic (exact) mass is 743 g/mol. The first-order chi connectivity index (χ1) is 24.8. The molecule has 3 aromatic rings. The molecule has 14 heteroatoms. The fourth-order valence-electron chi connectivity index (χ4n) is 8.05. The topological polar surface area (TPSA) is 130 Å². The van der Waals surface area contributed by atoms with Gasteiger partial charge >= 0.3 is 12.1 Å². The summed E-state index contributed by atoms with van der Waals surface area (Å²) in [5.74, 6) is -1.69. The third-order valence-electron chi connectivity index (χ3n) is 10.7. The van der Waals surface area contributed by atoms with E-state index < -0.39 is 52.5 Å². The molecule has 1 saturated carbocycles. The van der Waals surface area contributed by atoms with Crippen molar-refractivity contribution in [2.45, 2.75) is 101 Å². The van der Waals surface area contributed by atoms with Crippen LogP contribution in [0.1, 0.15) is 91.2 Å². The highest BCUT2D eigenvalue weighted by Crippen LogP contribution is 2.44. The van der Waals surface area contributed by atoms with Gasteiger partial charge < -0.3 is 29.5 Å². The number of carbonyl (C=O) groups excluding carboxylic acids is 2. The van der Waals surface area contributed by atoms with Crippen molar-refractivity contribution in [2.24, 2.45) is 5.92 Å². The van der Waals surface area contributed by atoms with Crippen molar-refractivity contribution in [3.63, 3.8) is 0 Å². The predicted molar refractivity (Wildman–Crippen MR) is 186 cm³/mol. The van der Waals surface area contributed by atoms with E-state index in [2.05, 4.69) is 4.98 Å². The first-order valence-electron chi connectivity index (χ1n) is 17.8. The Kier molecular flexibility index (Phi) is 10.9. The minimum Gasteiger partial charge on any atom is -0.490 e. The van der Waals surface area contributed by atoms with Crippen LogP contribution in [0, 0.1) is 12.8 Å². The molecule has 2 amide bonds. The molecule has 3 aliphatic rings. The maximum Gasteiger partial charge on any atom is 0.418 e. The van der Waals surface area contributed by atoms with Gasteiger partial charge in [-0.3, -0.25) is 19.4 Å². The van der Waals surface area contributed by atoms with Gasteiger partial charge in [0, 0.05) is 48.1 Å². The van der Waals surface area contributed by atoms with Crippen LogP contribution in [0.15, 0.2) is 54.0 Å². The third-order valence-corrected chi connectivity index (χ3v) is 11.5. The average Bonchev–Trinajstić information content (AvgIpc) is 3.77. The molecule has 6 rings (SSSR count). The second-order valence-electron chi connectivity index (χ2n) is 14.1. The maximum absolute atomic E-state index is 14.9. The first-order valence-corrected chi connectivity index (χ1v) is 18.7. The second kappa shape index (κ2) is 15.1. The summed E-state index contributed by atoms with van der Waals surface area (Å²) in [7, 11) is 0. The molecule has 2 N–H and O–H groups in total. The minimum atomic E-state index is -4.81. The van der Waals surface area contributed by atoms with Crippen molar-refractivity contribution in [1.82, 2.24) is 14.8 Å². The Bertz CT molecular complexity index is 1780. The number of aliphatic carboxylic acids is 1. The quantitative estimate of drug-likeness (QED) is 0.231. The van der Waals surface area contributed by atoms with Gasteiger partial charge in [0.05, 0.1) is 29.2 Å². The Morgan fingerprint density at radius 2 is 1.81 bits per heavy atom. The van der Waals surface area contributed by atoms with Crippen LogP contribution < -0.4 is 9.47 Å². The number of aryl methyl sites for hydroxylation is 1. The molecule has 0 unspecified atom stereocenters. The van der Waals surface area contributed by atoms with Crippen LogP contribution in [-0.2, 0) is 21.4 Å². The van der Waals surface area contributed by atoms with Crippen LogP contribution in [0.4, 0.5) is 13.2 Å². The summed E-state index contributed by atoms with van der Waals surface area (Å²) >= 11 is 1.43. The Hall–Kier alpha value is -4.17. The number of halogens is 3. The van der Waals surface area contributed by atoms with Crippen molar-refractivity contribution in [2.75, 3.05) is 19.6 Å². The van der Waals surface area contributed by atoms with Gasteiger partial charge in [-0.25, -0.2) is 0 Å². The summed E-state index contributed by atoms with van der Waals surface area (Å²) in [6.07, 6.45) is -0.764. The van der Waals surface area contributed by atoms with Crippen molar-refractivity contribution in [1.29, 1.82) is 0 Å². The van der Waals surface area contributed by atoms with Crippen LogP contribution in [0.2, 0.25) is 0 Å². The lowest BCUT2D eigenvalue weighted by molar-refractivity contribution is -0.163. The standard InChI is InChI=1S/C38H44F3N3O7S/c1-3-8-31-37(51-27-21-24(2)52-23-27,14-7-18-44(31)33(45)32-29(38(39,40)41)10-6-17-42-32)35(48)43-19-15-36(49,16-20-43)28-9-4-5-11-30(28)50-26-13-12-25(22-26)34(46)47/h4-6,9-11,17,21,23,25-26,31,49H,3,7-8,12-16,18-20,22H2,1-2H3,(H,46,47)/t25-,26-,31-,37+/m1/s1. The number of likely N-dealkylation sites (tertiary alicyclic amines) is 2. The number of rotatable bonds is 10. The Morgan fingerprint density at radius 3 is 2.46 bits per heavy atom. The molecule has 10 nitrogen and oxygen atoms in total. The van der Waals surface area contributed by atoms with E-state index in [0.717, 1.165) is 23.2 Å². The van der Waals surface area contributed by atoms with E-state index in [1.54, 1.807) is 40.6 Å². The van der Waals surface area contributed by atoms with E-state index in [-0.39, 0.29) is 50.9 Å². The number of piperidine rings is 2. The number of nitrogens with zero attached hydrogens (tertiary/aromatic N) is 3. The molecule has 4 atom stereocenters. The molecule has 2 saturated heterocycles. The molecule has 280 valence electrons. The SMILES string of the molecule is CCC[C@H]1N(C(=O)c2ncccc2C(F)(F)F)CCC[C@@]1(Oc1csc(C)c1)C(=O)N1CCC(O)(c2ccccc2O[C@@H]2CC[C@@H](C(=O)O)C2)CC1. The number of aliphatic hydroxyl groups is 1. The number of alkyl halides is 3. The number of carbonyl (C=O) groups is 3. The normalized spacial score (nSPS) is 24.8. The Morgan fingerprint density at radius 1 is 1.06 bits per heavy atom. The first kappa shape index (κ1) is 37.6. The van der Waals surface area contributed by atoms with Gasteiger partial charge in [-0.05, 0) is 76.1 Å². The van der Waals surface area contributed by atoms with Gasteiger partial charge in [0.2, 0.25) is 5.60 Å². The van der Waals surface area contributed by atoms with Crippen LogP contribution in [0.25, 0.3) is 0 Å². The van der Waals surface area contributed by atoms with E-state index in [1.165, 1.54) is 16.2 Å². The Balaban J connectivity index is 1.28. The fraction of sp³-hybridized carbons (Fsp3) is 0.526. The summed E-state index contributed by atoms with van der Waals surface area (Å²) in [5.41, 5.74) is -4.24. The Labute approximate surface area is 304 Å². The molecule has 52 heavy (non-hydrogen) atoms. The van der Waals surface area contributed by atoms with Crippen LogP contribution in [0.5, 0.6) is 11.5 Å². The third kappa shape index (κ3) is 7.50. The highest BCUT2D eigenvalue weighted by Gasteiger charge is 2.56. The zero-order valence-corrected chi connectivity index (χ0v) is 30.0. The highest BCUT2D eigenvalue weighted by atomic mass is 32.1. The summed E-state index contributed by atoms with van der Waals surface area (Å²) in [6.45, 7) is 4.21. The van der Waals surface area contributed by atoms with Crippen molar-refractivity contribution < 1.29 is 47.2 Å². The van der Waals surface area contributed by atoms with Gasteiger partial charge in [-0.2, -0.15) is 13.2 Å². The van der Waals surface area contributed by atoms with E-state index in [9.17, 15) is 37.8 Å². The number of carboxylic acids is 1. The van der Waals surface area contributed by atoms with E-state index >= 15 is 0 Å². The molecule has 1 aromatic carbocycles. The van der Waals surface area contributed by atoms with Crippen LogP contribution in [-0.4, -0.2) is 80.2 Å². The smallest absolute Gasteiger partial charge is 0.418 e.